The minimum atomic E-state index is -0.332. The Morgan fingerprint density at radius 1 is 1.33 bits per heavy atom. The number of rotatable bonds is 3. The number of ether oxygens (including phenoxy) is 1. The van der Waals surface area contributed by atoms with Gasteiger partial charge < -0.3 is 16.2 Å². The Morgan fingerprint density at radius 2 is 1.83 bits per heavy atom. The van der Waals surface area contributed by atoms with Crippen molar-refractivity contribution in [3.05, 3.63) is 40.7 Å². The predicted molar refractivity (Wildman–Crippen MR) is 79.5 cm³/mol. The largest absolute Gasteiger partial charge is 0.465 e. The van der Waals surface area contributed by atoms with Crippen LogP contribution in [0, 0.1) is 0 Å². The van der Waals surface area contributed by atoms with Crippen LogP contribution in [0.5, 0.6) is 0 Å². The van der Waals surface area contributed by atoms with Crippen LogP contribution in [0.1, 0.15) is 28.4 Å². The summed E-state index contributed by atoms with van der Waals surface area (Å²) in [5.41, 5.74) is 10.7. The first-order valence-electron chi connectivity index (χ1n) is 5.53. The summed E-state index contributed by atoms with van der Waals surface area (Å²) < 4.78 is 4.59. The van der Waals surface area contributed by atoms with Gasteiger partial charge in [-0.25, -0.2) is 4.79 Å². The lowest BCUT2D eigenvalue weighted by molar-refractivity contribution is 0.0606. The van der Waals surface area contributed by atoms with Crippen LogP contribution in [0.3, 0.4) is 0 Å². The molecule has 0 saturated heterocycles. The van der Waals surface area contributed by atoms with E-state index in [0.29, 0.717) is 4.88 Å². The Hall–Kier alpha value is -1.59. The molecule has 0 aliphatic heterocycles. The Morgan fingerprint density at radius 3 is 2.22 bits per heavy atom. The molecule has 102 valence electrons. The van der Waals surface area contributed by atoms with Crippen LogP contribution in [0.2, 0.25) is 0 Å². The highest BCUT2D eigenvalue weighted by Crippen LogP contribution is 2.24. The molecular weight excluding hydrogens is 248 g/mol. The summed E-state index contributed by atoms with van der Waals surface area (Å²) in [6.45, 7) is 7.62. The Kier molecular flexibility index (Phi) is 12.4. The number of carbonyl (C=O) groups is 1. The molecule has 1 aromatic heterocycles. The van der Waals surface area contributed by atoms with Gasteiger partial charge in [0.05, 0.1) is 7.11 Å². The third-order valence-corrected chi connectivity index (χ3v) is 2.79. The summed E-state index contributed by atoms with van der Waals surface area (Å²) in [6.07, 6.45) is 3.10. The van der Waals surface area contributed by atoms with Crippen LogP contribution in [0.25, 0.3) is 5.57 Å². The number of nitrogens with two attached hydrogens (primary N) is 2. The van der Waals surface area contributed by atoms with Gasteiger partial charge in [0.1, 0.15) is 4.88 Å². The van der Waals surface area contributed by atoms with Gasteiger partial charge in [0, 0.05) is 16.7 Å². The maximum Gasteiger partial charge on any atom is 0.348 e. The van der Waals surface area contributed by atoms with Gasteiger partial charge in [0.15, 0.2) is 0 Å². The van der Waals surface area contributed by atoms with Crippen molar-refractivity contribution in [2.75, 3.05) is 14.2 Å². The van der Waals surface area contributed by atoms with Crippen molar-refractivity contribution in [2.24, 2.45) is 11.5 Å². The first-order valence-corrected chi connectivity index (χ1v) is 6.35. The second-order valence-corrected chi connectivity index (χ2v) is 3.57. The van der Waals surface area contributed by atoms with E-state index in [-0.39, 0.29) is 5.97 Å². The fourth-order valence-electron chi connectivity index (χ4n) is 0.954. The van der Waals surface area contributed by atoms with Crippen LogP contribution in [-0.4, -0.2) is 20.1 Å². The van der Waals surface area contributed by atoms with Crippen molar-refractivity contribution in [1.82, 2.24) is 0 Å². The number of thiophene rings is 1. The normalized spacial score (nSPS) is 9.28. The average Bonchev–Trinajstić information content (AvgIpc) is 2.93. The number of carbonyl (C=O) groups excluding carboxylic acids is 1. The first kappa shape index (κ1) is 18.8. The maximum atomic E-state index is 11.1. The van der Waals surface area contributed by atoms with Crippen LogP contribution < -0.4 is 11.5 Å². The van der Waals surface area contributed by atoms with Gasteiger partial charge in [-0.05, 0) is 19.2 Å². The third kappa shape index (κ3) is 5.65. The molecule has 1 rings (SSSR count). The van der Waals surface area contributed by atoms with Gasteiger partial charge in [0.25, 0.3) is 0 Å². The highest BCUT2D eigenvalue weighted by atomic mass is 32.1. The van der Waals surface area contributed by atoms with E-state index in [0.717, 1.165) is 10.5 Å². The van der Waals surface area contributed by atoms with Crippen molar-refractivity contribution >= 4 is 22.9 Å². The zero-order chi connectivity index (χ0) is 14.6. The molecule has 0 amide bonds. The second kappa shape index (κ2) is 11.9. The lowest BCUT2D eigenvalue weighted by atomic mass is 10.2. The molecule has 1 aromatic rings. The van der Waals surface area contributed by atoms with E-state index >= 15 is 0 Å². The molecule has 4 N–H and O–H groups in total. The summed E-state index contributed by atoms with van der Waals surface area (Å²) in [6, 6.07) is 3.52. The molecule has 0 spiro atoms. The minimum Gasteiger partial charge on any atom is -0.465 e. The number of allylic oxidation sites excluding steroid dienone is 2. The molecule has 0 aromatic carbocycles. The lowest BCUT2D eigenvalue weighted by Gasteiger charge is -1.94. The van der Waals surface area contributed by atoms with E-state index < -0.39 is 0 Å². The number of methoxy groups -OCH3 is 1. The van der Waals surface area contributed by atoms with Gasteiger partial charge >= 0.3 is 5.97 Å². The van der Waals surface area contributed by atoms with Crippen molar-refractivity contribution in [3.8, 4) is 0 Å². The van der Waals surface area contributed by atoms with E-state index in [1.54, 1.807) is 12.1 Å². The molecule has 0 aliphatic rings. The number of esters is 1. The maximum absolute atomic E-state index is 11.1. The minimum absolute atomic E-state index is 0.332. The molecule has 0 bridgehead atoms. The Labute approximate surface area is 113 Å². The molecular formula is C13H22N2O2S. The third-order valence-electron chi connectivity index (χ3n) is 1.68. The van der Waals surface area contributed by atoms with E-state index in [4.69, 9.17) is 5.73 Å². The van der Waals surface area contributed by atoms with E-state index in [1.807, 2.05) is 19.9 Å². The van der Waals surface area contributed by atoms with Gasteiger partial charge in [-0.1, -0.05) is 26.5 Å². The molecule has 0 radical (unpaired) electrons. The van der Waals surface area contributed by atoms with Crippen molar-refractivity contribution in [2.45, 2.75) is 13.8 Å². The quantitative estimate of drug-likeness (QED) is 0.653. The summed E-state index contributed by atoms with van der Waals surface area (Å²) >= 11 is 1.33. The zero-order valence-corrected chi connectivity index (χ0v) is 12.2. The molecule has 0 unspecified atom stereocenters. The van der Waals surface area contributed by atoms with Crippen LogP contribution in [0.4, 0.5) is 0 Å². The van der Waals surface area contributed by atoms with E-state index in [1.165, 1.54) is 31.7 Å². The monoisotopic (exact) mass is 270 g/mol. The SMILES string of the molecule is C=C/C(=C\N)c1ccc(C(=O)OC)s1.CC.CN. The summed E-state index contributed by atoms with van der Waals surface area (Å²) in [4.78, 5) is 12.6. The zero-order valence-electron chi connectivity index (χ0n) is 11.4. The molecule has 18 heavy (non-hydrogen) atoms. The van der Waals surface area contributed by atoms with Gasteiger partial charge in [-0.3, -0.25) is 0 Å². The second-order valence-electron chi connectivity index (χ2n) is 2.48. The van der Waals surface area contributed by atoms with Crippen molar-refractivity contribution in [1.29, 1.82) is 0 Å². The fourth-order valence-corrected chi connectivity index (χ4v) is 1.90. The summed E-state index contributed by atoms with van der Waals surface area (Å²) in [7, 11) is 2.86. The summed E-state index contributed by atoms with van der Waals surface area (Å²) in [5.74, 6) is -0.332. The van der Waals surface area contributed by atoms with E-state index in [2.05, 4.69) is 17.0 Å². The topological polar surface area (TPSA) is 78.3 Å². The van der Waals surface area contributed by atoms with Crippen LogP contribution in [0.15, 0.2) is 31.0 Å². The predicted octanol–water partition coefficient (Wildman–Crippen LogP) is 2.62. The Balaban J connectivity index is 0. The van der Waals surface area contributed by atoms with Gasteiger partial charge in [0.2, 0.25) is 0 Å². The molecule has 0 aliphatic carbocycles. The van der Waals surface area contributed by atoms with Crippen molar-refractivity contribution < 1.29 is 9.53 Å². The molecule has 0 fully saturated rings. The average molecular weight is 270 g/mol. The Bertz CT molecular complexity index is 384. The van der Waals surface area contributed by atoms with Crippen LogP contribution >= 0.6 is 11.3 Å². The highest BCUT2D eigenvalue weighted by Gasteiger charge is 2.09. The molecule has 4 nitrogen and oxygen atoms in total. The van der Waals surface area contributed by atoms with Crippen molar-refractivity contribution in [3.63, 3.8) is 0 Å². The molecule has 0 atom stereocenters. The first-order chi connectivity index (χ1) is 8.72. The van der Waals surface area contributed by atoms with Gasteiger partial charge in [-0.2, -0.15) is 0 Å². The standard InChI is InChI=1S/C10H11NO2S.C2H6.CH5N/c1-3-7(6-11)8-4-5-9(14-8)10(12)13-2;2*1-2/h3-6H,1,11H2,2H3;1-2H3;2H2,1H3/b7-6+;;. The summed E-state index contributed by atoms with van der Waals surface area (Å²) in [5, 5.41) is 0. The van der Waals surface area contributed by atoms with Gasteiger partial charge in [-0.15, -0.1) is 11.3 Å². The highest BCUT2D eigenvalue weighted by molar-refractivity contribution is 7.15. The molecule has 5 heteroatoms. The lowest BCUT2D eigenvalue weighted by Crippen LogP contribution is -1.96. The van der Waals surface area contributed by atoms with Crippen LogP contribution in [-0.2, 0) is 4.74 Å². The fraction of sp³-hybridized carbons (Fsp3) is 0.308. The van der Waals surface area contributed by atoms with E-state index in [9.17, 15) is 4.79 Å². The smallest absolute Gasteiger partial charge is 0.348 e. The molecule has 1 heterocycles. The number of hydrogen-bond donors (Lipinski definition) is 2. The molecule has 0 saturated carbocycles. The number of hydrogen-bond acceptors (Lipinski definition) is 5.